The average Bonchev–Trinajstić information content (AvgIpc) is 3.04. The summed E-state index contributed by atoms with van der Waals surface area (Å²) in [6.45, 7) is 7.37. The van der Waals surface area contributed by atoms with Crippen molar-refractivity contribution in [3.05, 3.63) is 114 Å². The van der Waals surface area contributed by atoms with Crippen LogP contribution in [0.4, 0.5) is 10.5 Å². The van der Waals surface area contributed by atoms with Crippen LogP contribution < -0.4 is 16.2 Å². The molecule has 218 valence electrons. The minimum atomic E-state index is -0.227. The summed E-state index contributed by atoms with van der Waals surface area (Å²) in [7, 11) is 0. The fourth-order valence-electron chi connectivity index (χ4n) is 5.25. The molecule has 4 aromatic rings. The summed E-state index contributed by atoms with van der Waals surface area (Å²) in [6.07, 6.45) is 0.863. The summed E-state index contributed by atoms with van der Waals surface area (Å²) in [5.74, 6) is -0.227. The highest BCUT2D eigenvalue weighted by atomic mass is 16.5. The second-order valence-corrected chi connectivity index (χ2v) is 10.6. The Balaban J connectivity index is 1.24. The summed E-state index contributed by atoms with van der Waals surface area (Å²) in [5, 5.41) is 5.54. The van der Waals surface area contributed by atoms with Gasteiger partial charge in [-0.3, -0.25) is 20.5 Å². The molecule has 1 aliphatic heterocycles. The Labute approximate surface area is 247 Å². The number of nitrogens with one attached hydrogen (secondary N) is 3. The molecule has 0 spiro atoms. The number of benzene rings is 4. The van der Waals surface area contributed by atoms with E-state index in [9.17, 15) is 9.59 Å². The minimum absolute atomic E-state index is 0.105. The molecule has 1 aliphatic rings. The number of rotatable bonds is 11. The highest BCUT2D eigenvalue weighted by Gasteiger charge is 2.19. The summed E-state index contributed by atoms with van der Waals surface area (Å²) >= 11 is 0. The van der Waals surface area contributed by atoms with Crippen molar-refractivity contribution in [1.82, 2.24) is 20.5 Å². The van der Waals surface area contributed by atoms with Crippen molar-refractivity contribution < 1.29 is 14.3 Å². The number of para-hydroxylation sites is 1. The van der Waals surface area contributed by atoms with Crippen LogP contribution in [0, 0.1) is 0 Å². The quantitative estimate of drug-likeness (QED) is 0.207. The van der Waals surface area contributed by atoms with Crippen molar-refractivity contribution in [1.29, 1.82) is 0 Å². The number of carbonyl (C=O) groups is 2. The number of fused-ring (bicyclic) bond motifs is 1. The molecular weight excluding hydrogens is 526 g/mol. The minimum Gasteiger partial charge on any atom is -0.379 e. The van der Waals surface area contributed by atoms with E-state index in [1.54, 1.807) is 12.1 Å². The van der Waals surface area contributed by atoms with Crippen LogP contribution in [-0.2, 0) is 11.3 Å². The number of anilines is 1. The van der Waals surface area contributed by atoms with E-state index in [0.29, 0.717) is 18.7 Å². The zero-order chi connectivity index (χ0) is 29.1. The zero-order valence-electron chi connectivity index (χ0n) is 24.1. The van der Waals surface area contributed by atoms with Crippen molar-refractivity contribution >= 4 is 28.4 Å². The first-order valence-electron chi connectivity index (χ1n) is 14.6. The molecule has 0 aliphatic carbocycles. The third kappa shape index (κ3) is 7.87. The molecular formula is C34H39N5O3. The van der Waals surface area contributed by atoms with Gasteiger partial charge in [-0.2, -0.15) is 0 Å². The molecule has 1 fully saturated rings. The number of hydrogen-bond acceptors (Lipinski definition) is 5. The van der Waals surface area contributed by atoms with E-state index in [4.69, 9.17) is 4.74 Å². The van der Waals surface area contributed by atoms with Crippen LogP contribution in [0.3, 0.4) is 0 Å². The summed E-state index contributed by atoms with van der Waals surface area (Å²) in [6, 6.07) is 31.1. The van der Waals surface area contributed by atoms with E-state index in [2.05, 4.69) is 45.3 Å². The van der Waals surface area contributed by atoms with Crippen LogP contribution in [0.1, 0.15) is 40.9 Å². The van der Waals surface area contributed by atoms with Gasteiger partial charge in [0.25, 0.3) is 5.91 Å². The molecule has 4 aromatic carbocycles. The van der Waals surface area contributed by atoms with Crippen LogP contribution in [0.5, 0.6) is 0 Å². The van der Waals surface area contributed by atoms with Crippen molar-refractivity contribution in [3.63, 3.8) is 0 Å². The summed E-state index contributed by atoms with van der Waals surface area (Å²) < 4.78 is 5.48. The second-order valence-electron chi connectivity index (χ2n) is 10.6. The van der Waals surface area contributed by atoms with Gasteiger partial charge in [0.15, 0.2) is 0 Å². The molecule has 8 nitrogen and oxygen atoms in total. The summed E-state index contributed by atoms with van der Waals surface area (Å²) in [4.78, 5) is 30.5. The van der Waals surface area contributed by atoms with Gasteiger partial charge in [-0.05, 0) is 59.5 Å². The predicted octanol–water partition coefficient (Wildman–Crippen LogP) is 5.59. The van der Waals surface area contributed by atoms with Gasteiger partial charge in [-0.15, -0.1) is 0 Å². The van der Waals surface area contributed by atoms with Gasteiger partial charge in [0, 0.05) is 38.3 Å². The maximum atomic E-state index is 13.7. The average molecular weight is 566 g/mol. The highest BCUT2D eigenvalue weighted by Crippen LogP contribution is 2.24. The lowest BCUT2D eigenvalue weighted by atomic mass is 10.00. The van der Waals surface area contributed by atoms with Gasteiger partial charge in [0.1, 0.15) is 0 Å². The highest BCUT2D eigenvalue weighted by molar-refractivity contribution is 5.95. The lowest BCUT2D eigenvalue weighted by molar-refractivity contribution is 0.0364. The van der Waals surface area contributed by atoms with Gasteiger partial charge < -0.3 is 15.0 Å². The fraction of sp³-hybridized carbons (Fsp3) is 0.294. The molecule has 8 heteroatoms. The number of morpholine rings is 1. The second kappa shape index (κ2) is 14.5. The monoisotopic (exact) mass is 565 g/mol. The van der Waals surface area contributed by atoms with Crippen molar-refractivity contribution in [2.45, 2.75) is 25.9 Å². The lowest BCUT2D eigenvalue weighted by Gasteiger charge is -2.29. The Kier molecular flexibility index (Phi) is 10.0. The van der Waals surface area contributed by atoms with E-state index < -0.39 is 0 Å². The van der Waals surface area contributed by atoms with E-state index >= 15 is 0 Å². The number of urea groups is 1. The Morgan fingerprint density at radius 3 is 2.38 bits per heavy atom. The topological polar surface area (TPSA) is 85.9 Å². The third-order valence-electron chi connectivity index (χ3n) is 7.61. The first kappa shape index (κ1) is 29.1. The molecule has 1 saturated heterocycles. The molecule has 1 heterocycles. The summed E-state index contributed by atoms with van der Waals surface area (Å²) in [5.41, 5.74) is 9.04. The Hall–Kier alpha value is -4.40. The molecule has 3 amide bonds. The van der Waals surface area contributed by atoms with E-state index in [0.717, 1.165) is 66.9 Å². The molecule has 42 heavy (non-hydrogen) atoms. The van der Waals surface area contributed by atoms with Gasteiger partial charge in [0.2, 0.25) is 0 Å². The smallest absolute Gasteiger partial charge is 0.318 e. The molecule has 0 radical (unpaired) electrons. The largest absolute Gasteiger partial charge is 0.379 e. The lowest BCUT2D eigenvalue weighted by Crippen LogP contribution is -2.43. The number of hydrogen-bond donors (Lipinski definition) is 3. The van der Waals surface area contributed by atoms with Crippen LogP contribution in [0.25, 0.3) is 10.8 Å². The Bertz CT molecular complexity index is 1450. The van der Waals surface area contributed by atoms with E-state index in [-0.39, 0.29) is 18.0 Å². The maximum absolute atomic E-state index is 13.7. The molecule has 1 unspecified atom stereocenters. The molecule has 0 bridgehead atoms. The fourth-order valence-corrected chi connectivity index (χ4v) is 5.25. The maximum Gasteiger partial charge on any atom is 0.318 e. The first-order valence-corrected chi connectivity index (χ1v) is 14.6. The number of ether oxygens (including phenoxy) is 1. The number of hydrazine groups is 1. The van der Waals surface area contributed by atoms with Gasteiger partial charge in [-0.1, -0.05) is 72.8 Å². The van der Waals surface area contributed by atoms with Gasteiger partial charge in [-0.25, -0.2) is 4.79 Å². The van der Waals surface area contributed by atoms with E-state index in [1.165, 1.54) is 0 Å². The normalized spacial score (nSPS) is 14.2. The Morgan fingerprint density at radius 1 is 0.881 bits per heavy atom. The van der Waals surface area contributed by atoms with Crippen molar-refractivity contribution in [2.24, 2.45) is 0 Å². The standard InChI is InChI=1S/C34H39N5O3/c1-26(31-14-7-10-28-9-5-6-13-32(28)31)35-34(41)39(20-8-19-38-21-23-42-24-22-38)25-27-15-17-29(18-16-27)33(40)37-36-30-11-3-2-4-12-30/h2-7,9-18,26,36H,8,19-25H2,1H3,(H,35,41)(H,37,40). The number of amides is 3. The van der Waals surface area contributed by atoms with Crippen LogP contribution in [-0.4, -0.2) is 61.1 Å². The number of nitrogens with zero attached hydrogens (tertiary/aromatic N) is 2. The molecule has 1 atom stereocenters. The third-order valence-corrected chi connectivity index (χ3v) is 7.61. The zero-order valence-corrected chi connectivity index (χ0v) is 24.1. The van der Waals surface area contributed by atoms with Crippen molar-refractivity contribution in [3.8, 4) is 0 Å². The van der Waals surface area contributed by atoms with Gasteiger partial charge in [0.05, 0.1) is 24.9 Å². The predicted molar refractivity (Wildman–Crippen MR) is 167 cm³/mol. The number of carbonyl (C=O) groups excluding carboxylic acids is 2. The molecule has 5 rings (SSSR count). The molecule has 0 saturated carbocycles. The van der Waals surface area contributed by atoms with Gasteiger partial charge >= 0.3 is 6.03 Å². The van der Waals surface area contributed by atoms with E-state index in [1.807, 2.05) is 72.5 Å². The van der Waals surface area contributed by atoms with Crippen LogP contribution in [0.2, 0.25) is 0 Å². The SMILES string of the molecule is CC(NC(=O)N(CCCN1CCOCC1)Cc1ccc(C(=O)NNc2ccccc2)cc1)c1cccc2ccccc12. The molecule has 0 aromatic heterocycles. The first-order chi connectivity index (χ1) is 20.6. The van der Waals surface area contributed by atoms with Crippen LogP contribution in [0.15, 0.2) is 97.1 Å². The molecule has 3 N–H and O–H groups in total. The Morgan fingerprint density at radius 2 is 1.60 bits per heavy atom. The van der Waals surface area contributed by atoms with Crippen molar-refractivity contribution in [2.75, 3.05) is 44.8 Å². The van der Waals surface area contributed by atoms with Crippen LogP contribution >= 0.6 is 0 Å².